The lowest BCUT2D eigenvalue weighted by atomic mass is 9.58. The average molecular weight is 489 g/mol. The van der Waals surface area contributed by atoms with E-state index in [2.05, 4.69) is 63.8 Å². The maximum Gasteiger partial charge on any atom is 0.287 e. The van der Waals surface area contributed by atoms with Gasteiger partial charge >= 0.3 is 0 Å². The molecule has 3 rings (SSSR count). The first-order valence-electron chi connectivity index (χ1n) is 12.6. The molecule has 188 valence electrons. The molecule has 0 spiro atoms. The van der Waals surface area contributed by atoms with E-state index in [0.717, 1.165) is 30.8 Å². The molecule has 34 heavy (non-hydrogen) atoms. The maximum absolute atomic E-state index is 12.9. The topological polar surface area (TPSA) is 70.4 Å². The number of hydrogen-bond acceptors (Lipinski definition) is 5. The summed E-state index contributed by atoms with van der Waals surface area (Å²) in [5.41, 5.74) is 2.29. The lowest BCUT2D eigenvalue weighted by Crippen LogP contribution is -2.48. The van der Waals surface area contributed by atoms with Gasteiger partial charge < -0.3 is 15.3 Å². The van der Waals surface area contributed by atoms with Crippen LogP contribution >= 0.6 is 11.6 Å². The standard InChI is InChI=1S/C27H41ClN4O2/c1-8-31(9-2)21-12-10-20(11-13-21)24(33)16-32-26(34)25(28)23(15-29-32)30-22-14-17(3)27(6,7)19(5)18(22)4/h10-13,15,17-19,22,24,30,33H,8-9,14,16H2,1-7H3/t17-,18+,19+,22+,24?/m0/s1. The van der Waals surface area contributed by atoms with Gasteiger partial charge in [-0.25, -0.2) is 4.68 Å². The van der Waals surface area contributed by atoms with Gasteiger partial charge in [0, 0.05) is 24.8 Å². The molecule has 0 bridgehead atoms. The number of anilines is 2. The van der Waals surface area contributed by atoms with Crippen LogP contribution in [-0.2, 0) is 6.54 Å². The molecule has 1 aromatic carbocycles. The molecule has 0 amide bonds. The summed E-state index contributed by atoms with van der Waals surface area (Å²) >= 11 is 6.49. The minimum atomic E-state index is -0.854. The normalized spacial score (nSPS) is 25.1. The minimum Gasteiger partial charge on any atom is -0.386 e. The van der Waals surface area contributed by atoms with Crippen molar-refractivity contribution in [3.8, 4) is 0 Å². The van der Waals surface area contributed by atoms with Crippen molar-refractivity contribution in [1.29, 1.82) is 0 Å². The van der Waals surface area contributed by atoms with Crippen molar-refractivity contribution in [2.24, 2.45) is 23.2 Å². The van der Waals surface area contributed by atoms with Crippen molar-refractivity contribution in [2.45, 2.75) is 73.6 Å². The van der Waals surface area contributed by atoms with Crippen LogP contribution in [0.3, 0.4) is 0 Å². The lowest BCUT2D eigenvalue weighted by Gasteiger charge is -2.50. The Labute approximate surface area is 209 Å². The maximum atomic E-state index is 12.9. The first-order chi connectivity index (χ1) is 16.0. The van der Waals surface area contributed by atoms with Crippen LogP contribution in [0.1, 0.15) is 66.6 Å². The molecular weight excluding hydrogens is 448 g/mol. The summed E-state index contributed by atoms with van der Waals surface area (Å²) in [7, 11) is 0. The Balaban J connectivity index is 1.73. The van der Waals surface area contributed by atoms with E-state index in [1.54, 1.807) is 6.20 Å². The second-order valence-electron chi connectivity index (χ2n) is 10.5. The second-order valence-corrected chi connectivity index (χ2v) is 10.9. The Bertz CT molecular complexity index is 1020. The molecule has 7 heteroatoms. The molecule has 2 N–H and O–H groups in total. The van der Waals surface area contributed by atoms with E-state index >= 15 is 0 Å². The number of rotatable bonds is 8. The fourth-order valence-corrected chi connectivity index (χ4v) is 5.43. The largest absolute Gasteiger partial charge is 0.386 e. The summed E-state index contributed by atoms with van der Waals surface area (Å²) < 4.78 is 1.25. The average Bonchev–Trinajstić information content (AvgIpc) is 2.82. The molecule has 6 nitrogen and oxygen atoms in total. The predicted molar refractivity (Wildman–Crippen MR) is 142 cm³/mol. The molecule has 1 aromatic heterocycles. The van der Waals surface area contributed by atoms with Gasteiger partial charge in [0.15, 0.2) is 0 Å². The fraction of sp³-hybridized carbons (Fsp3) is 0.630. The third-order valence-electron chi connectivity index (χ3n) is 8.55. The first-order valence-corrected chi connectivity index (χ1v) is 12.9. The molecule has 1 heterocycles. The van der Waals surface area contributed by atoms with Crippen molar-refractivity contribution >= 4 is 23.0 Å². The minimum absolute atomic E-state index is 0.0472. The molecule has 1 aliphatic rings. The number of aliphatic hydroxyl groups is 1. The van der Waals surface area contributed by atoms with Crippen molar-refractivity contribution in [1.82, 2.24) is 9.78 Å². The molecule has 1 aliphatic carbocycles. The molecule has 1 fully saturated rings. The summed E-state index contributed by atoms with van der Waals surface area (Å²) in [6.45, 7) is 17.7. The van der Waals surface area contributed by atoms with Gasteiger partial charge in [-0.15, -0.1) is 0 Å². The molecule has 1 unspecified atom stereocenters. The van der Waals surface area contributed by atoms with Crippen molar-refractivity contribution in [3.63, 3.8) is 0 Å². The molecule has 2 aromatic rings. The first kappa shape index (κ1) is 26.6. The highest BCUT2D eigenvalue weighted by Crippen LogP contribution is 2.48. The van der Waals surface area contributed by atoms with Gasteiger partial charge in [-0.05, 0) is 61.1 Å². The van der Waals surface area contributed by atoms with E-state index in [9.17, 15) is 9.90 Å². The third-order valence-corrected chi connectivity index (χ3v) is 8.92. The zero-order chi connectivity index (χ0) is 25.2. The van der Waals surface area contributed by atoms with Crippen LogP contribution in [-0.4, -0.2) is 34.0 Å². The Morgan fingerprint density at radius 1 is 1.21 bits per heavy atom. The van der Waals surface area contributed by atoms with Gasteiger partial charge in [-0.1, -0.05) is 58.4 Å². The van der Waals surface area contributed by atoms with Gasteiger partial charge in [-0.2, -0.15) is 5.10 Å². The molecule has 1 saturated carbocycles. The molecule has 5 atom stereocenters. The van der Waals surface area contributed by atoms with Crippen LogP contribution < -0.4 is 15.8 Å². The number of nitrogens with zero attached hydrogens (tertiary/aromatic N) is 3. The molecular formula is C27H41ClN4O2. The Kier molecular flexibility index (Phi) is 8.35. The highest BCUT2D eigenvalue weighted by molar-refractivity contribution is 6.32. The van der Waals surface area contributed by atoms with E-state index in [1.807, 2.05) is 24.3 Å². The number of aromatic nitrogens is 2. The summed E-state index contributed by atoms with van der Waals surface area (Å²) in [4.78, 5) is 15.2. The fourth-order valence-electron chi connectivity index (χ4n) is 5.23. The number of hydrogen-bond donors (Lipinski definition) is 2. The molecule has 0 aliphatic heterocycles. The Hall–Kier alpha value is -2.05. The molecule has 0 radical (unpaired) electrons. The zero-order valence-electron chi connectivity index (χ0n) is 21.7. The van der Waals surface area contributed by atoms with Crippen LogP contribution in [0.15, 0.2) is 35.3 Å². The van der Waals surface area contributed by atoms with Crippen LogP contribution in [0.2, 0.25) is 5.02 Å². The quantitative estimate of drug-likeness (QED) is 0.506. The van der Waals surface area contributed by atoms with Crippen LogP contribution in [0.4, 0.5) is 11.4 Å². The van der Waals surface area contributed by atoms with Crippen LogP contribution in [0.25, 0.3) is 0 Å². The van der Waals surface area contributed by atoms with E-state index < -0.39 is 11.7 Å². The van der Waals surface area contributed by atoms with Crippen LogP contribution in [0, 0.1) is 23.2 Å². The SMILES string of the molecule is CCN(CC)c1ccc(C(O)Cn2ncc(N[C@@H]3C[C@H](C)C(C)(C)[C@H](C)[C@H]3C)c(Cl)c2=O)cc1. The zero-order valence-corrected chi connectivity index (χ0v) is 22.4. The highest BCUT2D eigenvalue weighted by atomic mass is 35.5. The van der Waals surface area contributed by atoms with E-state index in [0.29, 0.717) is 23.4 Å². The van der Waals surface area contributed by atoms with Gasteiger partial charge in [0.05, 0.1) is 24.5 Å². The van der Waals surface area contributed by atoms with E-state index in [4.69, 9.17) is 11.6 Å². The number of aliphatic hydroxyl groups excluding tert-OH is 1. The van der Waals surface area contributed by atoms with Crippen molar-refractivity contribution in [2.75, 3.05) is 23.3 Å². The number of halogens is 1. The second kappa shape index (κ2) is 10.7. The summed E-state index contributed by atoms with van der Waals surface area (Å²) in [5, 5.41) is 18.7. The predicted octanol–water partition coefficient (Wildman–Crippen LogP) is 5.60. The lowest BCUT2D eigenvalue weighted by molar-refractivity contribution is 0.0316. The van der Waals surface area contributed by atoms with Gasteiger partial charge in [0.2, 0.25) is 0 Å². The van der Waals surface area contributed by atoms with Gasteiger partial charge in [0.1, 0.15) is 5.02 Å². The summed E-state index contributed by atoms with van der Waals surface area (Å²) in [6, 6.07) is 8.01. The number of benzene rings is 1. The molecule has 0 saturated heterocycles. The summed E-state index contributed by atoms with van der Waals surface area (Å²) in [6.07, 6.45) is 1.77. The summed E-state index contributed by atoms with van der Waals surface area (Å²) in [5.74, 6) is 1.52. The Morgan fingerprint density at radius 3 is 2.41 bits per heavy atom. The van der Waals surface area contributed by atoms with Crippen molar-refractivity contribution in [3.05, 3.63) is 51.4 Å². The van der Waals surface area contributed by atoms with Gasteiger partial charge in [-0.3, -0.25) is 4.79 Å². The van der Waals surface area contributed by atoms with Gasteiger partial charge in [0.25, 0.3) is 5.56 Å². The number of nitrogens with one attached hydrogen (secondary N) is 1. The monoisotopic (exact) mass is 488 g/mol. The smallest absolute Gasteiger partial charge is 0.287 e. The highest BCUT2D eigenvalue weighted by Gasteiger charge is 2.43. The van der Waals surface area contributed by atoms with Crippen LogP contribution in [0.5, 0.6) is 0 Å². The van der Waals surface area contributed by atoms with E-state index in [1.165, 1.54) is 4.68 Å². The van der Waals surface area contributed by atoms with E-state index in [-0.39, 0.29) is 23.0 Å². The third kappa shape index (κ3) is 5.28. The van der Waals surface area contributed by atoms with Crippen molar-refractivity contribution < 1.29 is 5.11 Å². The Morgan fingerprint density at radius 2 is 1.82 bits per heavy atom.